The van der Waals surface area contributed by atoms with Crippen LogP contribution in [0, 0.1) is 12.8 Å². The highest BCUT2D eigenvalue weighted by Gasteiger charge is 2.16. The van der Waals surface area contributed by atoms with Crippen LogP contribution in [0.15, 0.2) is 36.4 Å². The summed E-state index contributed by atoms with van der Waals surface area (Å²) in [4.78, 5) is 13.5. The average molecular weight is 388 g/mol. The number of anilines is 1. The van der Waals surface area contributed by atoms with Crippen LogP contribution in [0.1, 0.15) is 50.2 Å². The molecular formula is C22H33N3O3. The van der Waals surface area contributed by atoms with E-state index < -0.39 is 0 Å². The van der Waals surface area contributed by atoms with Gasteiger partial charge in [-0.05, 0) is 69.0 Å². The van der Waals surface area contributed by atoms with E-state index in [1.165, 1.54) is 12.8 Å². The summed E-state index contributed by atoms with van der Waals surface area (Å²) in [6.07, 6.45) is 2.55. The van der Waals surface area contributed by atoms with Crippen molar-refractivity contribution in [2.45, 2.75) is 41.0 Å². The van der Waals surface area contributed by atoms with Gasteiger partial charge in [0.2, 0.25) is 0 Å². The molecule has 0 aliphatic carbocycles. The lowest BCUT2D eigenvalue weighted by atomic mass is 9.99. The molecule has 0 radical (unpaired) electrons. The second kappa shape index (κ2) is 12.0. The number of ether oxygens (including phenoxy) is 2. The summed E-state index contributed by atoms with van der Waals surface area (Å²) >= 11 is 0. The van der Waals surface area contributed by atoms with Gasteiger partial charge in [0, 0.05) is 13.1 Å². The second-order valence-corrected chi connectivity index (χ2v) is 6.65. The van der Waals surface area contributed by atoms with Gasteiger partial charge in [0.15, 0.2) is 5.82 Å². The molecular weight excluding hydrogens is 354 g/mol. The van der Waals surface area contributed by atoms with Crippen molar-refractivity contribution < 1.29 is 14.3 Å². The smallest absolute Gasteiger partial charge is 0.338 e. The first-order valence-electron chi connectivity index (χ1n) is 9.40. The van der Waals surface area contributed by atoms with E-state index in [4.69, 9.17) is 9.47 Å². The van der Waals surface area contributed by atoms with E-state index in [2.05, 4.69) is 28.1 Å². The third-order valence-electron chi connectivity index (χ3n) is 4.49. The second-order valence-electron chi connectivity index (χ2n) is 6.65. The van der Waals surface area contributed by atoms with E-state index in [-0.39, 0.29) is 13.4 Å². The zero-order valence-corrected chi connectivity index (χ0v) is 16.6. The molecule has 1 fully saturated rings. The van der Waals surface area contributed by atoms with Gasteiger partial charge in [-0.15, -0.1) is 5.10 Å². The summed E-state index contributed by atoms with van der Waals surface area (Å²) in [7, 11) is 1.58. The molecule has 0 amide bonds. The highest BCUT2D eigenvalue weighted by Crippen LogP contribution is 2.20. The minimum absolute atomic E-state index is 0. The largest absolute Gasteiger partial charge is 0.497 e. The van der Waals surface area contributed by atoms with Gasteiger partial charge >= 0.3 is 5.97 Å². The number of aromatic nitrogens is 2. The van der Waals surface area contributed by atoms with Crippen LogP contribution in [0.5, 0.6) is 5.75 Å². The molecule has 1 aliphatic rings. The van der Waals surface area contributed by atoms with Crippen LogP contribution in [0.25, 0.3) is 0 Å². The molecule has 2 heterocycles. The Morgan fingerprint density at radius 2 is 1.75 bits per heavy atom. The number of methoxy groups -OCH3 is 1. The summed E-state index contributed by atoms with van der Waals surface area (Å²) in [6.45, 7) is 8.71. The average Bonchev–Trinajstić information content (AvgIpc) is 2.70. The molecule has 1 aliphatic heterocycles. The molecule has 2 aromatic rings. The van der Waals surface area contributed by atoms with Crippen molar-refractivity contribution in [3.8, 4) is 5.75 Å². The minimum Gasteiger partial charge on any atom is -0.497 e. The highest BCUT2D eigenvalue weighted by atomic mass is 16.5. The minimum atomic E-state index is -0.301. The van der Waals surface area contributed by atoms with Gasteiger partial charge < -0.3 is 14.4 Å². The van der Waals surface area contributed by atoms with E-state index in [1.54, 1.807) is 38.3 Å². The molecule has 0 spiro atoms. The van der Waals surface area contributed by atoms with Gasteiger partial charge in [-0.3, -0.25) is 0 Å². The molecule has 1 aromatic heterocycles. The topological polar surface area (TPSA) is 64.6 Å². The van der Waals surface area contributed by atoms with Crippen LogP contribution in [-0.4, -0.2) is 43.0 Å². The first kappa shape index (κ1) is 23.4. The number of nitrogens with zero attached hydrogens (tertiary/aromatic N) is 3. The molecule has 1 saturated heterocycles. The number of piperidine rings is 1. The highest BCUT2D eigenvalue weighted by molar-refractivity contribution is 5.89. The third kappa shape index (κ3) is 7.18. The Bertz CT molecular complexity index is 694. The number of hydrogen-bond acceptors (Lipinski definition) is 6. The molecule has 0 saturated carbocycles. The first-order valence-corrected chi connectivity index (χ1v) is 9.40. The van der Waals surface area contributed by atoms with Crippen LogP contribution < -0.4 is 9.64 Å². The van der Waals surface area contributed by atoms with E-state index >= 15 is 0 Å². The number of rotatable bonds is 4. The normalized spacial score (nSPS) is 13.6. The Morgan fingerprint density at radius 1 is 1.11 bits per heavy atom. The lowest BCUT2D eigenvalue weighted by Crippen LogP contribution is -2.33. The summed E-state index contributed by atoms with van der Waals surface area (Å²) in [5.74, 6) is 2.32. The lowest BCUT2D eigenvalue weighted by molar-refractivity contribution is 0.0526. The summed E-state index contributed by atoms with van der Waals surface area (Å²) in [5.41, 5.74) is 1.53. The number of aryl methyl sites for hydroxylation is 1. The number of benzene rings is 1. The lowest BCUT2D eigenvalue weighted by Gasteiger charge is -2.30. The van der Waals surface area contributed by atoms with Crippen molar-refractivity contribution in [3.05, 3.63) is 47.7 Å². The zero-order chi connectivity index (χ0) is 19.6. The van der Waals surface area contributed by atoms with Gasteiger partial charge in [-0.1, -0.05) is 14.4 Å². The molecule has 6 nitrogen and oxygen atoms in total. The molecule has 1 aromatic carbocycles. The maximum atomic E-state index is 11.2. The molecule has 28 heavy (non-hydrogen) atoms. The Hall–Kier alpha value is -2.63. The predicted octanol–water partition coefficient (Wildman–Crippen LogP) is 4.53. The quantitative estimate of drug-likeness (QED) is 0.718. The van der Waals surface area contributed by atoms with Gasteiger partial charge in [-0.25, -0.2) is 4.79 Å². The van der Waals surface area contributed by atoms with E-state index in [9.17, 15) is 4.79 Å². The maximum Gasteiger partial charge on any atom is 0.338 e. The van der Waals surface area contributed by atoms with Crippen molar-refractivity contribution in [1.82, 2.24) is 10.2 Å². The molecule has 0 atom stereocenters. The monoisotopic (exact) mass is 387 g/mol. The Morgan fingerprint density at radius 3 is 2.25 bits per heavy atom. The van der Waals surface area contributed by atoms with Gasteiger partial charge in [0.05, 0.1) is 25.0 Å². The number of carbonyl (C=O) groups is 1. The van der Waals surface area contributed by atoms with Crippen molar-refractivity contribution in [3.63, 3.8) is 0 Å². The van der Waals surface area contributed by atoms with Crippen molar-refractivity contribution in [1.29, 1.82) is 0 Å². The molecule has 6 heteroatoms. The maximum absolute atomic E-state index is 11.2. The number of carbonyl (C=O) groups excluding carboxylic acids is 1. The van der Waals surface area contributed by atoms with Gasteiger partial charge in [0.1, 0.15) is 5.75 Å². The first-order chi connectivity index (χ1) is 13.0. The van der Waals surface area contributed by atoms with E-state index in [0.29, 0.717) is 12.2 Å². The van der Waals surface area contributed by atoms with Crippen LogP contribution in [0.4, 0.5) is 5.82 Å². The molecule has 154 valence electrons. The van der Waals surface area contributed by atoms with Crippen LogP contribution in [0.2, 0.25) is 0 Å². The fraction of sp³-hybridized carbons (Fsp3) is 0.500. The molecule has 3 rings (SSSR count). The predicted molar refractivity (Wildman–Crippen MR) is 113 cm³/mol. The van der Waals surface area contributed by atoms with Gasteiger partial charge in [-0.2, -0.15) is 5.10 Å². The fourth-order valence-electron chi connectivity index (χ4n) is 2.74. The van der Waals surface area contributed by atoms with E-state index in [1.807, 2.05) is 13.0 Å². The third-order valence-corrected chi connectivity index (χ3v) is 4.49. The standard InChI is InChI=1S/C11H17N3.C10H12O3.CH4/c1-9-5-7-14(8-6-9)11-4-3-10(2)12-13-11;1-3-13-10(11)8-4-6-9(12-2)7-5-8;/h3-4,9H,5-8H2,1-2H3;4-7H,3H2,1-2H3;1H4. The summed E-state index contributed by atoms with van der Waals surface area (Å²) in [6, 6.07) is 10.9. The molecule has 0 unspecified atom stereocenters. The van der Waals surface area contributed by atoms with Crippen molar-refractivity contribution in [2.75, 3.05) is 31.7 Å². The number of hydrogen-bond donors (Lipinski definition) is 0. The summed E-state index contributed by atoms with van der Waals surface area (Å²) in [5, 5.41) is 8.28. The molecule has 0 N–H and O–H groups in total. The van der Waals surface area contributed by atoms with Crippen LogP contribution >= 0.6 is 0 Å². The van der Waals surface area contributed by atoms with Crippen molar-refractivity contribution in [2.24, 2.45) is 5.92 Å². The van der Waals surface area contributed by atoms with Gasteiger partial charge in [0.25, 0.3) is 0 Å². The Kier molecular flexibility index (Phi) is 9.99. The van der Waals surface area contributed by atoms with Crippen molar-refractivity contribution >= 4 is 11.8 Å². The summed E-state index contributed by atoms with van der Waals surface area (Å²) < 4.78 is 9.78. The number of esters is 1. The van der Waals surface area contributed by atoms with Crippen LogP contribution in [0.3, 0.4) is 0 Å². The fourth-order valence-corrected chi connectivity index (χ4v) is 2.74. The SMILES string of the molecule is C.CCOC(=O)c1ccc(OC)cc1.Cc1ccc(N2CCC(C)CC2)nn1. The Labute approximate surface area is 168 Å². The van der Waals surface area contributed by atoms with E-state index in [0.717, 1.165) is 36.3 Å². The zero-order valence-electron chi connectivity index (χ0n) is 16.6. The molecule has 0 bridgehead atoms. The Balaban J connectivity index is 0.000000271. The van der Waals surface area contributed by atoms with Crippen LogP contribution in [-0.2, 0) is 4.74 Å².